The van der Waals surface area contributed by atoms with Crippen LogP contribution in [0.1, 0.15) is 25.8 Å². The number of nitrogens with two attached hydrogens (primary N) is 1. The van der Waals surface area contributed by atoms with E-state index in [1.54, 1.807) is 26.0 Å². The fourth-order valence-corrected chi connectivity index (χ4v) is 2.24. The standard InChI is InChI=1S/C15H22N2O2S/c1-5-15(2,13(16)20)14(18)17(3)10-11-8-6-7-9-12(11)19-4/h6-9H,5,10H2,1-4H3,(H2,16,20). The normalized spacial score (nSPS) is 13.4. The van der Waals surface area contributed by atoms with E-state index in [1.807, 2.05) is 31.2 Å². The average molecular weight is 294 g/mol. The van der Waals surface area contributed by atoms with Crippen LogP contribution in [0.2, 0.25) is 0 Å². The van der Waals surface area contributed by atoms with Crippen molar-refractivity contribution in [3.8, 4) is 5.75 Å². The van der Waals surface area contributed by atoms with Crippen LogP contribution < -0.4 is 10.5 Å². The summed E-state index contributed by atoms with van der Waals surface area (Å²) >= 11 is 5.04. The minimum atomic E-state index is -0.800. The summed E-state index contributed by atoms with van der Waals surface area (Å²) in [6.45, 7) is 4.16. The summed E-state index contributed by atoms with van der Waals surface area (Å²) in [6, 6.07) is 7.63. The van der Waals surface area contributed by atoms with Crippen LogP contribution in [-0.2, 0) is 11.3 Å². The van der Waals surface area contributed by atoms with Crippen LogP contribution in [0, 0.1) is 5.41 Å². The second-order valence-corrected chi connectivity index (χ2v) is 5.46. The number of hydrogen-bond acceptors (Lipinski definition) is 3. The number of carbonyl (C=O) groups excluding carboxylic acids is 1. The predicted octanol–water partition coefficient (Wildman–Crippen LogP) is 2.36. The molecule has 0 aliphatic rings. The molecule has 110 valence electrons. The molecule has 5 heteroatoms. The zero-order valence-electron chi connectivity index (χ0n) is 12.5. The Morgan fingerprint density at radius 3 is 2.55 bits per heavy atom. The maximum absolute atomic E-state index is 12.6. The molecule has 1 aromatic carbocycles. The van der Waals surface area contributed by atoms with Crippen molar-refractivity contribution in [3.63, 3.8) is 0 Å². The zero-order valence-corrected chi connectivity index (χ0v) is 13.3. The lowest BCUT2D eigenvalue weighted by Gasteiger charge is -2.31. The highest BCUT2D eigenvalue weighted by molar-refractivity contribution is 7.80. The van der Waals surface area contributed by atoms with Crippen molar-refractivity contribution in [2.75, 3.05) is 14.2 Å². The summed E-state index contributed by atoms with van der Waals surface area (Å²) in [5.74, 6) is 0.694. The SMILES string of the molecule is CCC(C)(C(=O)N(C)Cc1ccccc1OC)C(N)=S. The second-order valence-electron chi connectivity index (χ2n) is 5.02. The highest BCUT2D eigenvalue weighted by atomic mass is 32.1. The maximum Gasteiger partial charge on any atom is 0.235 e. The van der Waals surface area contributed by atoms with Crippen LogP contribution >= 0.6 is 12.2 Å². The third kappa shape index (κ3) is 3.28. The number of nitrogens with zero attached hydrogens (tertiary/aromatic N) is 1. The van der Waals surface area contributed by atoms with Crippen molar-refractivity contribution in [2.24, 2.45) is 11.1 Å². The van der Waals surface area contributed by atoms with Gasteiger partial charge in [-0.15, -0.1) is 0 Å². The van der Waals surface area contributed by atoms with Gasteiger partial charge in [-0.05, 0) is 19.4 Å². The summed E-state index contributed by atoms with van der Waals surface area (Å²) in [5, 5.41) is 0. The topological polar surface area (TPSA) is 55.6 Å². The van der Waals surface area contributed by atoms with Crippen molar-refractivity contribution in [2.45, 2.75) is 26.8 Å². The Hall–Kier alpha value is -1.62. The monoisotopic (exact) mass is 294 g/mol. The van der Waals surface area contributed by atoms with Gasteiger partial charge in [0.05, 0.1) is 17.5 Å². The average Bonchev–Trinajstić information content (AvgIpc) is 2.45. The third-order valence-electron chi connectivity index (χ3n) is 3.67. The lowest BCUT2D eigenvalue weighted by Crippen LogP contribution is -2.47. The van der Waals surface area contributed by atoms with E-state index in [0.717, 1.165) is 11.3 Å². The molecule has 2 N–H and O–H groups in total. The van der Waals surface area contributed by atoms with E-state index in [9.17, 15) is 4.79 Å². The van der Waals surface area contributed by atoms with Crippen molar-refractivity contribution in [1.29, 1.82) is 0 Å². The van der Waals surface area contributed by atoms with Gasteiger partial charge in [0.1, 0.15) is 5.75 Å². The fourth-order valence-electron chi connectivity index (χ4n) is 2.01. The summed E-state index contributed by atoms with van der Waals surface area (Å²) in [6.07, 6.45) is 0.581. The van der Waals surface area contributed by atoms with Gasteiger partial charge in [-0.1, -0.05) is 37.3 Å². The van der Waals surface area contributed by atoms with E-state index in [4.69, 9.17) is 22.7 Å². The molecule has 0 spiro atoms. The zero-order chi connectivity index (χ0) is 15.3. The molecule has 0 aromatic heterocycles. The molecular weight excluding hydrogens is 272 g/mol. The second kappa shape index (κ2) is 6.70. The van der Waals surface area contributed by atoms with Crippen LogP contribution in [0.3, 0.4) is 0 Å². The van der Waals surface area contributed by atoms with Crippen LogP contribution in [0.4, 0.5) is 0 Å². The number of thiocarbonyl (C=S) groups is 1. The molecule has 0 aliphatic heterocycles. The lowest BCUT2D eigenvalue weighted by molar-refractivity contribution is -0.136. The molecule has 0 fully saturated rings. The minimum Gasteiger partial charge on any atom is -0.496 e. The van der Waals surface area contributed by atoms with Crippen molar-refractivity contribution < 1.29 is 9.53 Å². The van der Waals surface area contributed by atoms with Gasteiger partial charge in [-0.2, -0.15) is 0 Å². The Morgan fingerprint density at radius 2 is 2.05 bits per heavy atom. The highest BCUT2D eigenvalue weighted by Crippen LogP contribution is 2.26. The molecule has 0 saturated carbocycles. The van der Waals surface area contributed by atoms with Crippen molar-refractivity contribution in [1.82, 2.24) is 4.90 Å². The van der Waals surface area contributed by atoms with Gasteiger partial charge in [-0.3, -0.25) is 4.79 Å². The fraction of sp³-hybridized carbons (Fsp3) is 0.467. The van der Waals surface area contributed by atoms with Crippen LogP contribution in [0.25, 0.3) is 0 Å². The van der Waals surface area contributed by atoms with Gasteiger partial charge >= 0.3 is 0 Å². The summed E-state index contributed by atoms with van der Waals surface area (Å²) in [7, 11) is 3.37. The smallest absolute Gasteiger partial charge is 0.235 e. The number of para-hydroxylation sites is 1. The molecule has 20 heavy (non-hydrogen) atoms. The van der Waals surface area contributed by atoms with E-state index in [1.165, 1.54) is 0 Å². The molecule has 1 rings (SSSR count). The highest BCUT2D eigenvalue weighted by Gasteiger charge is 2.36. The van der Waals surface area contributed by atoms with Gasteiger partial charge < -0.3 is 15.4 Å². The Balaban J connectivity index is 2.93. The number of carbonyl (C=O) groups is 1. The van der Waals surface area contributed by atoms with E-state index in [2.05, 4.69) is 0 Å². The van der Waals surface area contributed by atoms with Crippen LogP contribution in [0.5, 0.6) is 5.75 Å². The third-order valence-corrected chi connectivity index (χ3v) is 4.12. The predicted molar refractivity (Wildman–Crippen MR) is 84.7 cm³/mol. The van der Waals surface area contributed by atoms with Crippen molar-refractivity contribution in [3.05, 3.63) is 29.8 Å². The van der Waals surface area contributed by atoms with E-state index >= 15 is 0 Å². The quantitative estimate of drug-likeness (QED) is 0.818. The van der Waals surface area contributed by atoms with E-state index in [-0.39, 0.29) is 10.9 Å². The van der Waals surface area contributed by atoms with E-state index in [0.29, 0.717) is 13.0 Å². The Bertz CT molecular complexity index is 504. The number of hydrogen-bond donors (Lipinski definition) is 1. The molecule has 0 bridgehead atoms. The van der Waals surface area contributed by atoms with Crippen LogP contribution in [-0.4, -0.2) is 30.0 Å². The first-order valence-electron chi connectivity index (χ1n) is 6.54. The number of methoxy groups -OCH3 is 1. The van der Waals surface area contributed by atoms with Crippen molar-refractivity contribution >= 4 is 23.1 Å². The van der Waals surface area contributed by atoms with Gasteiger partial charge in [0.25, 0.3) is 0 Å². The van der Waals surface area contributed by atoms with Crippen LogP contribution in [0.15, 0.2) is 24.3 Å². The Labute approximate surface area is 125 Å². The number of amides is 1. The Kier molecular flexibility index (Phi) is 5.51. The molecular formula is C15H22N2O2S. The molecule has 4 nitrogen and oxygen atoms in total. The molecule has 1 amide bonds. The maximum atomic E-state index is 12.6. The first-order chi connectivity index (χ1) is 9.36. The minimum absolute atomic E-state index is 0.0709. The molecule has 0 radical (unpaired) electrons. The summed E-state index contributed by atoms with van der Waals surface area (Å²) < 4.78 is 5.30. The number of ether oxygens (including phenoxy) is 1. The number of benzene rings is 1. The first kappa shape index (κ1) is 16.4. The molecule has 1 unspecified atom stereocenters. The van der Waals surface area contributed by atoms with Gasteiger partial charge in [0.2, 0.25) is 5.91 Å². The molecule has 0 saturated heterocycles. The largest absolute Gasteiger partial charge is 0.496 e. The molecule has 1 atom stereocenters. The summed E-state index contributed by atoms with van der Waals surface area (Å²) in [5.41, 5.74) is 5.88. The van der Waals surface area contributed by atoms with E-state index < -0.39 is 5.41 Å². The molecule has 1 aromatic rings. The first-order valence-corrected chi connectivity index (χ1v) is 6.95. The van der Waals surface area contributed by atoms with Gasteiger partial charge in [0.15, 0.2) is 0 Å². The Morgan fingerprint density at radius 1 is 1.45 bits per heavy atom. The summed E-state index contributed by atoms with van der Waals surface area (Å²) in [4.78, 5) is 14.4. The van der Waals surface area contributed by atoms with Gasteiger partial charge in [-0.25, -0.2) is 0 Å². The molecule has 0 aliphatic carbocycles. The lowest BCUT2D eigenvalue weighted by atomic mass is 9.86. The molecule has 0 heterocycles. The number of rotatable bonds is 6. The van der Waals surface area contributed by atoms with Gasteiger partial charge in [0, 0.05) is 19.2 Å².